The lowest BCUT2D eigenvalue weighted by atomic mass is 10.1. The second-order valence-corrected chi connectivity index (χ2v) is 9.68. The first-order valence-electron chi connectivity index (χ1n) is 11.0. The Morgan fingerprint density at radius 3 is 2.33 bits per heavy atom. The molecule has 0 aliphatic carbocycles. The number of amides is 1. The van der Waals surface area contributed by atoms with Crippen molar-refractivity contribution in [3.63, 3.8) is 0 Å². The van der Waals surface area contributed by atoms with Crippen molar-refractivity contribution in [2.75, 3.05) is 23.3 Å². The van der Waals surface area contributed by atoms with Crippen LogP contribution in [0.1, 0.15) is 30.9 Å². The number of hydrogen-bond acceptors (Lipinski definition) is 4. The van der Waals surface area contributed by atoms with E-state index in [1.165, 1.54) is 12.7 Å². The van der Waals surface area contributed by atoms with E-state index in [2.05, 4.69) is 12.2 Å². The Morgan fingerprint density at radius 1 is 1.00 bits per heavy atom. The molecule has 0 aliphatic rings. The number of sulfonamides is 1. The fourth-order valence-electron chi connectivity index (χ4n) is 3.48. The highest BCUT2D eigenvalue weighted by atomic mass is 32.2. The second kappa shape index (κ2) is 11.0. The molecule has 0 saturated carbocycles. The molecular weight excluding hydrogens is 436 g/mol. The van der Waals surface area contributed by atoms with E-state index in [1.54, 1.807) is 48.5 Å². The summed E-state index contributed by atoms with van der Waals surface area (Å²) in [5, 5.41) is 2.81. The summed E-state index contributed by atoms with van der Waals surface area (Å²) >= 11 is 0. The highest BCUT2D eigenvalue weighted by Crippen LogP contribution is 2.30. The van der Waals surface area contributed by atoms with Crippen LogP contribution in [0, 0.1) is 6.92 Å². The minimum atomic E-state index is -4.08. The fourth-order valence-corrected chi connectivity index (χ4v) is 5.14. The number of benzene rings is 3. The van der Waals surface area contributed by atoms with Gasteiger partial charge in [0.25, 0.3) is 10.0 Å². The number of methoxy groups -OCH3 is 1. The number of carbonyl (C=O) groups is 1. The van der Waals surface area contributed by atoms with Gasteiger partial charge < -0.3 is 10.1 Å². The zero-order valence-corrected chi connectivity index (χ0v) is 20.1. The highest BCUT2D eigenvalue weighted by Gasteiger charge is 2.30. The maximum Gasteiger partial charge on any atom is 0.268 e. The van der Waals surface area contributed by atoms with Crippen LogP contribution in [0.2, 0.25) is 0 Å². The molecule has 174 valence electrons. The van der Waals surface area contributed by atoms with E-state index in [4.69, 9.17) is 4.74 Å². The fraction of sp³-hybridized carbons (Fsp3) is 0.269. The maximum absolute atomic E-state index is 13.7. The topological polar surface area (TPSA) is 75.7 Å². The molecule has 0 aromatic heterocycles. The number of unbranched alkanes of at least 4 members (excludes halogenated alkanes) is 1. The van der Waals surface area contributed by atoms with Crippen molar-refractivity contribution in [1.82, 2.24) is 0 Å². The number of rotatable bonds is 10. The Kier molecular flexibility index (Phi) is 8.11. The highest BCUT2D eigenvalue weighted by molar-refractivity contribution is 7.93. The van der Waals surface area contributed by atoms with Crippen LogP contribution in [0.15, 0.2) is 77.7 Å². The van der Waals surface area contributed by atoms with Crippen LogP contribution < -0.4 is 14.4 Å². The predicted molar refractivity (Wildman–Crippen MR) is 132 cm³/mol. The first kappa shape index (κ1) is 24.3. The van der Waals surface area contributed by atoms with Gasteiger partial charge in [-0.15, -0.1) is 0 Å². The molecule has 0 bridgehead atoms. The first-order valence-corrected chi connectivity index (χ1v) is 12.4. The van der Waals surface area contributed by atoms with Crippen LogP contribution in [0.3, 0.4) is 0 Å². The van der Waals surface area contributed by atoms with E-state index in [0.29, 0.717) is 11.4 Å². The van der Waals surface area contributed by atoms with E-state index < -0.39 is 15.9 Å². The molecule has 0 heterocycles. The average Bonchev–Trinajstić information content (AvgIpc) is 2.82. The number of anilines is 2. The van der Waals surface area contributed by atoms with Crippen LogP contribution in [0.5, 0.6) is 5.75 Å². The van der Waals surface area contributed by atoms with Crippen LogP contribution in [0.25, 0.3) is 0 Å². The van der Waals surface area contributed by atoms with Gasteiger partial charge in [-0.1, -0.05) is 49.7 Å². The molecule has 0 spiro atoms. The zero-order chi connectivity index (χ0) is 23.8. The lowest BCUT2D eigenvalue weighted by molar-refractivity contribution is -0.114. The number of nitrogens with zero attached hydrogens (tertiary/aromatic N) is 1. The van der Waals surface area contributed by atoms with Crippen LogP contribution >= 0.6 is 0 Å². The SMILES string of the molecule is CCCCc1ccc(NC(=O)CN(c2ccccc2)S(=O)(=O)c2cc(C)ccc2OC)cc1. The minimum Gasteiger partial charge on any atom is -0.495 e. The lowest BCUT2D eigenvalue weighted by Crippen LogP contribution is -2.38. The van der Waals surface area contributed by atoms with Crippen LogP contribution in [-0.2, 0) is 21.2 Å². The molecule has 0 unspecified atom stereocenters. The number of ether oxygens (including phenoxy) is 1. The molecule has 6 nitrogen and oxygen atoms in total. The van der Waals surface area contributed by atoms with Crippen LogP contribution in [-0.4, -0.2) is 28.0 Å². The third kappa shape index (κ3) is 6.14. The van der Waals surface area contributed by atoms with Gasteiger partial charge in [0.2, 0.25) is 5.91 Å². The Morgan fingerprint density at radius 2 is 1.70 bits per heavy atom. The average molecular weight is 467 g/mol. The number of aryl methyl sites for hydroxylation is 2. The molecule has 3 aromatic rings. The van der Waals surface area contributed by atoms with Crippen molar-refractivity contribution < 1.29 is 17.9 Å². The summed E-state index contributed by atoms with van der Waals surface area (Å²) < 4.78 is 33.7. The quantitative estimate of drug-likeness (QED) is 0.447. The van der Waals surface area contributed by atoms with Gasteiger partial charge in [0.15, 0.2) is 0 Å². The molecule has 33 heavy (non-hydrogen) atoms. The Hall–Kier alpha value is -3.32. The third-order valence-electron chi connectivity index (χ3n) is 5.28. The van der Waals surface area contributed by atoms with Gasteiger partial charge in [-0.25, -0.2) is 8.42 Å². The Balaban J connectivity index is 1.88. The molecule has 0 aliphatic heterocycles. The van der Waals surface area contributed by atoms with E-state index in [1.807, 2.05) is 31.2 Å². The van der Waals surface area contributed by atoms with E-state index in [0.717, 1.165) is 29.1 Å². The molecule has 3 aromatic carbocycles. The van der Waals surface area contributed by atoms with Gasteiger partial charge >= 0.3 is 0 Å². The monoisotopic (exact) mass is 466 g/mol. The summed E-state index contributed by atoms with van der Waals surface area (Å²) in [5.74, 6) is -0.208. The first-order chi connectivity index (χ1) is 15.8. The van der Waals surface area contributed by atoms with Gasteiger partial charge in [-0.05, 0) is 67.3 Å². The van der Waals surface area contributed by atoms with E-state index >= 15 is 0 Å². The van der Waals surface area contributed by atoms with Crippen molar-refractivity contribution in [3.8, 4) is 5.75 Å². The molecular formula is C26H30N2O4S. The number of hydrogen-bond donors (Lipinski definition) is 1. The summed E-state index contributed by atoms with van der Waals surface area (Å²) in [5.41, 5.74) is 3.00. The number of carbonyl (C=O) groups excluding carboxylic acids is 1. The van der Waals surface area contributed by atoms with Gasteiger partial charge in [0, 0.05) is 5.69 Å². The summed E-state index contributed by atoms with van der Waals surface area (Å²) in [6, 6.07) is 21.2. The second-order valence-electron chi connectivity index (χ2n) is 7.85. The normalized spacial score (nSPS) is 11.1. The smallest absolute Gasteiger partial charge is 0.268 e. The van der Waals surface area contributed by atoms with Crippen molar-refractivity contribution >= 4 is 27.3 Å². The largest absolute Gasteiger partial charge is 0.495 e. The van der Waals surface area contributed by atoms with Gasteiger partial charge in [-0.3, -0.25) is 9.10 Å². The van der Waals surface area contributed by atoms with Crippen LogP contribution in [0.4, 0.5) is 11.4 Å². The summed E-state index contributed by atoms with van der Waals surface area (Å²) in [6.07, 6.45) is 3.22. The molecule has 0 radical (unpaired) electrons. The summed E-state index contributed by atoms with van der Waals surface area (Å²) in [7, 11) is -2.65. The van der Waals surface area contributed by atoms with Crippen molar-refractivity contribution in [3.05, 3.63) is 83.9 Å². The Labute approximate surface area is 196 Å². The molecule has 0 atom stereocenters. The van der Waals surface area contributed by atoms with Crippen molar-refractivity contribution in [1.29, 1.82) is 0 Å². The molecule has 0 saturated heterocycles. The van der Waals surface area contributed by atoms with Gasteiger partial charge in [0.1, 0.15) is 17.2 Å². The molecule has 3 rings (SSSR count). The van der Waals surface area contributed by atoms with E-state index in [9.17, 15) is 13.2 Å². The molecule has 7 heteroatoms. The van der Waals surface area contributed by atoms with Gasteiger partial charge in [0.05, 0.1) is 12.8 Å². The Bertz CT molecular complexity index is 1180. The summed E-state index contributed by atoms with van der Waals surface area (Å²) in [4.78, 5) is 12.9. The predicted octanol–water partition coefficient (Wildman–Crippen LogP) is 5.18. The maximum atomic E-state index is 13.7. The van der Waals surface area contributed by atoms with Crippen molar-refractivity contribution in [2.24, 2.45) is 0 Å². The molecule has 0 fully saturated rings. The third-order valence-corrected chi connectivity index (χ3v) is 7.07. The molecule has 1 N–H and O–H groups in total. The standard InChI is InChI=1S/C26H30N2O4S/c1-4-5-9-21-13-15-22(16-14-21)27-26(29)19-28(23-10-7-6-8-11-23)33(30,31)25-18-20(2)12-17-24(25)32-3/h6-8,10-18H,4-5,9,19H2,1-3H3,(H,27,29). The van der Waals surface area contributed by atoms with Crippen molar-refractivity contribution in [2.45, 2.75) is 38.0 Å². The summed E-state index contributed by atoms with van der Waals surface area (Å²) in [6.45, 7) is 3.58. The minimum absolute atomic E-state index is 0.0157. The number of nitrogens with one attached hydrogen (secondary N) is 1. The number of para-hydroxylation sites is 1. The zero-order valence-electron chi connectivity index (χ0n) is 19.2. The van der Waals surface area contributed by atoms with E-state index in [-0.39, 0.29) is 17.2 Å². The molecule has 1 amide bonds. The lowest BCUT2D eigenvalue weighted by Gasteiger charge is -2.25. The van der Waals surface area contributed by atoms with Gasteiger partial charge in [-0.2, -0.15) is 0 Å².